The van der Waals surface area contributed by atoms with Gasteiger partial charge < -0.3 is 14.5 Å². The summed E-state index contributed by atoms with van der Waals surface area (Å²) in [6, 6.07) is 11.5. The Balaban J connectivity index is 1.09. The van der Waals surface area contributed by atoms with Crippen molar-refractivity contribution in [2.45, 2.75) is 43.1 Å². The molecule has 2 aromatic carbocycles. The number of halogens is 3. The number of nitrogens with one attached hydrogen (secondary N) is 1. The molecule has 2 aliphatic carbocycles. The molecule has 10 heteroatoms. The maximum absolute atomic E-state index is 14.0. The largest absolute Gasteiger partial charge is 0.490 e. The van der Waals surface area contributed by atoms with Gasteiger partial charge in [0.25, 0.3) is 5.92 Å². The zero-order valence-corrected chi connectivity index (χ0v) is 21.5. The molecule has 2 atom stereocenters. The highest BCUT2D eigenvalue weighted by molar-refractivity contribution is 9.10. The molecule has 0 bridgehead atoms. The summed E-state index contributed by atoms with van der Waals surface area (Å²) in [6.07, 6.45) is 4.33. The average Bonchev–Trinajstić information content (AvgIpc) is 3.38. The molecule has 7 rings (SSSR count). The van der Waals surface area contributed by atoms with Gasteiger partial charge in [0.15, 0.2) is 0 Å². The molecule has 2 saturated carbocycles. The molecule has 192 valence electrons. The first-order valence-corrected chi connectivity index (χ1v) is 13.4. The third-order valence-corrected chi connectivity index (χ3v) is 9.42. The number of carbonyl (C=O) groups excluding carboxylic acids is 2. The van der Waals surface area contributed by atoms with Crippen LogP contribution >= 0.6 is 15.9 Å². The van der Waals surface area contributed by atoms with E-state index in [1.54, 1.807) is 11.1 Å². The molecule has 4 aliphatic rings. The van der Waals surface area contributed by atoms with Crippen LogP contribution < -0.4 is 9.64 Å². The third kappa shape index (κ3) is 3.44. The van der Waals surface area contributed by atoms with Gasteiger partial charge in [-0.1, -0.05) is 22.0 Å². The predicted octanol–water partition coefficient (Wildman–Crippen LogP) is 4.65. The van der Waals surface area contributed by atoms with Crippen molar-refractivity contribution in [3.05, 3.63) is 52.6 Å². The number of nitrogens with zero attached hydrogens (tertiary/aromatic N) is 3. The van der Waals surface area contributed by atoms with Gasteiger partial charge in [-0.2, -0.15) is 5.10 Å². The fourth-order valence-corrected chi connectivity index (χ4v) is 7.38. The van der Waals surface area contributed by atoms with E-state index in [1.165, 1.54) is 4.90 Å². The van der Waals surface area contributed by atoms with Gasteiger partial charge in [-0.05, 0) is 56.0 Å². The van der Waals surface area contributed by atoms with Crippen LogP contribution in [-0.4, -0.2) is 58.6 Å². The van der Waals surface area contributed by atoms with E-state index in [0.717, 1.165) is 32.4 Å². The number of aromatic amines is 1. The Labute approximate surface area is 220 Å². The minimum absolute atomic E-state index is 0.0256. The van der Waals surface area contributed by atoms with Gasteiger partial charge in [0, 0.05) is 34.2 Å². The van der Waals surface area contributed by atoms with Crippen LogP contribution in [0.25, 0.3) is 10.9 Å². The molecule has 2 unspecified atom stereocenters. The number of aromatic nitrogens is 2. The van der Waals surface area contributed by atoms with Crippen molar-refractivity contribution in [2.24, 2.45) is 11.8 Å². The van der Waals surface area contributed by atoms with Crippen molar-refractivity contribution in [1.82, 2.24) is 15.1 Å². The molecule has 1 N–H and O–H groups in total. The Morgan fingerprint density at radius 1 is 1.16 bits per heavy atom. The van der Waals surface area contributed by atoms with E-state index < -0.39 is 23.2 Å². The number of piperidine rings is 1. The summed E-state index contributed by atoms with van der Waals surface area (Å²) in [7, 11) is 0. The lowest BCUT2D eigenvalue weighted by molar-refractivity contribution is -0.133. The Kier molecular flexibility index (Phi) is 5.00. The summed E-state index contributed by atoms with van der Waals surface area (Å²) in [4.78, 5) is 30.1. The van der Waals surface area contributed by atoms with Crippen LogP contribution in [0, 0.1) is 11.8 Å². The number of hydrogen-bond acceptors (Lipinski definition) is 4. The van der Waals surface area contributed by atoms with E-state index in [2.05, 4.69) is 26.1 Å². The monoisotopic (exact) mass is 570 g/mol. The molecular weight excluding hydrogens is 546 g/mol. The van der Waals surface area contributed by atoms with E-state index in [0.29, 0.717) is 25.7 Å². The summed E-state index contributed by atoms with van der Waals surface area (Å²) in [5.41, 5.74) is 1.86. The highest BCUT2D eigenvalue weighted by Gasteiger charge is 2.72. The van der Waals surface area contributed by atoms with Crippen LogP contribution in [0.1, 0.15) is 31.2 Å². The number of carbonyl (C=O) groups is 2. The second-order valence-electron chi connectivity index (χ2n) is 10.7. The Hall–Kier alpha value is -3.01. The molecule has 1 saturated heterocycles. The van der Waals surface area contributed by atoms with Gasteiger partial charge in [-0.25, -0.2) is 8.78 Å². The zero-order valence-electron chi connectivity index (χ0n) is 19.9. The average molecular weight is 571 g/mol. The van der Waals surface area contributed by atoms with E-state index in [9.17, 15) is 18.4 Å². The highest BCUT2D eigenvalue weighted by Crippen LogP contribution is 2.59. The second kappa shape index (κ2) is 7.99. The molecule has 3 aromatic rings. The molecule has 3 fully saturated rings. The highest BCUT2D eigenvalue weighted by atomic mass is 79.9. The van der Waals surface area contributed by atoms with Gasteiger partial charge in [-0.15, -0.1) is 0 Å². The number of hydrogen-bond donors (Lipinski definition) is 1. The molecule has 0 radical (unpaired) electrons. The van der Waals surface area contributed by atoms with E-state index >= 15 is 0 Å². The first kappa shape index (κ1) is 23.1. The molecular formula is C27H25BrF2N4O3. The van der Waals surface area contributed by atoms with Crippen LogP contribution in [0.4, 0.5) is 14.5 Å². The van der Waals surface area contributed by atoms with E-state index in [1.807, 2.05) is 36.4 Å². The van der Waals surface area contributed by atoms with Crippen LogP contribution in [-0.2, 0) is 15.0 Å². The molecule has 7 nitrogen and oxygen atoms in total. The lowest BCUT2D eigenvalue weighted by atomic mass is 9.69. The van der Waals surface area contributed by atoms with Crippen LogP contribution in [0.2, 0.25) is 0 Å². The predicted molar refractivity (Wildman–Crippen MR) is 136 cm³/mol. The van der Waals surface area contributed by atoms with Gasteiger partial charge >= 0.3 is 0 Å². The zero-order chi connectivity index (χ0) is 25.5. The molecule has 2 aliphatic heterocycles. The normalized spacial score (nSPS) is 25.5. The Morgan fingerprint density at radius 2 is 1.92 bits per heavy atom. The van der Waals surface area contributed by atoms with E-state index in [4.69, 9.17) is 4.74 Å². The number of benzene rings is 2. The molecule has 1 aromatic heterocycles. The van der Waals surface area contributed by atoms with Gasteiger partial charge in [0.1, 0.15) is 12.3 Å². The van der Waals surface area contributed by atoms with Crippen molar-refractivity contribution < 1.29 is 23.1 Å². The number of ether oxygens (including phenoxy) is 1. The van der Waals surface area contributed by atoms with Crippen LogP contribution in [0.3, 0.4) is 0 Å². The maximum Gasteiger partial charge on any atom is 0.258 e. The molecule has 2 amide bonds. The minimum Gasteiger partial charge on any atom is -0.490 e. The number of fused-ring (bicyclic) bond motifs is 4. The topological polar surface area (TPSA) is 78.5 Å². The number of rotatable bonds is 4. The summed E-state index contributed by atoms with van der Waals surface area (Å²) in [5, 5.41) is 7.97. The first-order valence-electron chi connectivity index (χ1n) is 12.6. The molecule has 37 heavy (non-hydrogen) atoms. The van der Waals surface area contributed by atoms with Gasteiger partial charge in [0.05, 0.1) is 35.1 Å². The lowest BCUT2D eigenvalue weighted by Gasteiger charge is -2.37. The molecule has 3 heterocycles. The summed E-state index contributed by atoms with van der Waals surface area (Å²) in [5.74, 6) is -3.70. The van der Waals surface area contributed by atoms with Crippen molar-refractivity contribution in [3.63, 3.8) is 0 Å². The number of likely N-dealkylation sites (tertiary alicyclic amines) is 1. The van der Waals surface area contributed by atoms with Crippen molar-refractivity contribution in [3.8, 4) is 5.75 Å². The third-order valence-electron chi connectivity index (χ3n) is 8.76. The number of alkyl halides is 2. The fourth-order valence-electron chi connectivity index (χ4n) is 6.64. The maximum atomic E-state index is 14.0. The summed E-state index contributed by atoms with van der Waals surface area (Å²) < 4.78 is 34.4. The fraction of sp³-hybridized carbons (Fsp3) is 0.444. The molecule has 1 spiro atoms. The minimum atomic E-state index is -2.65. The lowest BCUT2D eigenvalue weighted by Crippen LogP contribution is -2.48. The van der Waals surface area contributed by atoms with Crippen molar-refractivity contribution in [1.29, 1.82) is 0 Å². The summed E-state index contributed by atoms with van der Waals surface area (Å²) >= 11 is 3.66. The Bertz CT molecular complexity index is 1420. The summed E-state index contributed by atoms with van der Waals surface area (Å²) in [6.45, 7) is 0.0109. The van der Waals surface area contributed by atoms with Gasteiger partial charge in [-0.3, -0.25) is 14.7 Å². The van der Waals surface area contributed by atoms with E-state index in [-0.39, 0.29) is 37.6 Å². The SMILES string of the molecule is O=C(CN1C(=O)C2(CCC(Oc3ccc4[nH]ncc4c3)CC2)c2c(Br)cccc21)N1CC2C(C1)C2(F)F. The quantitative estimate of drug-likeness (QED) is 0.495. The van der Waals surface area contributed by atoms with Gasteiger partial charge in [0.2, 0.25) is 11.8 Å². The number of anilines is 1. The number of H-pyrrole nitrogens is 1. The smallest absolute Gasteiger partial charge is 0.258 e. The van der Waals surface area contributed by atoms with Crippen molar-refractivity contribution >= 4 is 44.3 Å². The Morgan fingerprint density at radius 3 is 2.68 bits per heavy atom. The standard InChI is InChI=1S/C27H25BrF2N4O3/c28-20-2-1-3-22-24(20)26(25(36)34(22)14-23(35)33-12-18-19(13-33)27(18,29)30)8-6-16(7-9-26)37-17-4-5-21-15(10-17)11-31-32-21/h1-5,10-11,16,18-19H,6-9,12-14H2,(H,31,32). The first-order chi connectivity index (χ1) is 17.8. The number of amides is 2. The van der Waals surface area contributed by atoms with Crippen LogP contribution in [0.5, 0.6) is 5.75 Å². The van der Waals surface area contributed by atoms with Crippen molar-refractivity contribution in [2.75, 3.05) is 24.5 Å². The van der Waals surface area contributed by atoms with Crippen LogP contribution in [0.15, 0.2) is 47.1 Å². The second-order valence-corrected chi connectivity index (χ2v) is 11.6.